The Morgan fingerprint density at radius 1 is 1.75 bits per heavy atom. The Morgan fingerprint density at radius 2 is 2.42 bits per heavy atom. The summed E-state index contributed by atoms with van der Waals surface area (Å²) in [6.45, 7) is 3.43. The first-order chi connectivity index (χ1) is 5.52. The Hall–Kier alpha value is -1.52. The number of aromatic nitrogens is 2. The number of carbonyl (C=O) groups excluding carboxylic acids is 1. The van der Waals surface area contributed by atoms with Gasteiger partial charge < -0.3 is 10.5 Å². The second kappa shape index (κ2) is 2.84. The first-order valence-corrected chi connectivity index (χ1v) is 3.51. The molecule has 0 saturated heterocycles. The minimum atomic E-state index is -0.803. The third-order valence-electron chi connectivity index (χ3n) is 1.47. The van der Waals surface area contributed by atoms with E-state index >= 15 is 0 Å². The fourth-order valence-corrected chi connectivity index (χ4v) is 0.899. The molecule has 12 heavy (non-hydrogen) atoms. The third-order valence-corrected chi connectivity index (χ3v) is 1.47. The van der Waals surface area contributed by atoms with Gasteiger partial charge in [-0.15, -0.1) is 0 Å². The molecule has 0 atom stereocenters. The number of carbonyl (C=O) groups is 1. The van der Waals surface area contributed by atoms with Crippen molar-refractivity contribution in [2.75, 3.05) is 0 Å². The van der Waals surface area contributed by atoms with E-state index in [1.807, 2.05) is 0 Å². The zero-order chi connectivity index (χ0) is 9.19. The van der Waals surface area contributed by atoms with Crippen molar-refractivity contribution in [1.29, 1.82) is 0 Å². The number of amides is 1. The highest BCUT2D eigenvalue weighted by Gasteiger charge is 2.26. The molecule has 0 fully saturated rings. The van der Waals surface area contributed by atoms with Crippen molar-refractivity contribution in [3.05, 3.63) is 18.0 Å². The Morgan fingerprint density at radius 3 is 2.83 bits per heavy atom. The van der Waals surface area contributed by atoms with Gasteiger partial charge in [-0.05, 0) is 19.9 Å². The zero-order valence-electron chi connectivity index (χ0n) is 7.00. The summed E-state index contributed by atoms with van der Waals surface area (Å²) in [5.74, 6) is 0. The summed E-state index contributed by atoms with van der Waals surface area (Å²) in [4.78, 5) is 10.5. The van der Waals surface area contributed by atoms with Crippen LogP contribution in [-0.4, -0.2) is 16.3 Å². The molecule has 1 amide bonds. The van der Waals surface area contributed by atoms with E-state index in [0.717, 1.165) is 0 Å². The molecule has 0 radical (unpaired) electrons. The lowest BCUT2D eigenvalue weighted by Gasteiger charge is -2.20. The van der Waals surface area contributed by atoms with E-state index < -0.39 is 11.7 Å². The molecule has 66 valence electrons. The van der Waals surface area contributed by atoms with Crippen LogP contribution in [0.1, 0.15) is 19.5 Å². The highest BCUT2D eigenvalue weighted by atomic mass is 16.6. The van der Waals surface area contributed by atoms with Gasteiger partial charge in [0.15, 0.2) is 5.60 Å². The lowest BCUT2D eigenvalue weighted by Crippen LogP contribution is -2.29. The number of nitrogens with zero attached hydrogens (tertiary/aromatic N) is 1. The van der Waals surface area contributed by atoms with Gasteiger partial charge in [0.05, 0.1) is 0 Å². The molecule has 3 N–H and O–H groups in total. The molecule has 0 aromatic carbocycles. The van der Waals surface area contributed by atoms with E-state index in [0.29, 0.717) is 5.69 Å². The Balaban J connectivity index is 2.79. The van der Waals surface area contributed by atoms with Crippen molar-refractivity contribution in [2.45, 2.75) is 19.4 Å². The molecule has 1 heterocycles. The minimum Gasteiger partial charge on any atom is -0.437 e. The van der Waals surface area contributed by atoms with Crippen LogP contribution in [0.25, 0.3) is 0 Å². The van der Waals surface area contributed by atoms with Gasteiger partial charge in [0.2, 0.25) is 0 Å². The lowest BCUT2D eigenvalue weighted by atomic mass is 10.1. The van der Waals surface area contributed by atoms with Gasteiger partial charge >= 0.3 is 6.09 Å². The summed E-state index contributed by atoms with van der Waals surface area (Å²) < 4.78 is 4.84. The second-order valence-corrected chi connectivity index (χ2v) is 2.89. The smallest absolute Gasteiger partial charge is 0.405 e. The quantitative estimate of drug-likeness (QED) is 0.685. The van der Waals surface area contributed by atoms with E-state index in [1.165, 1.54) is 0 Å². The fourth-order valence-electron chi connectivity index (χ4n) is 0.899. The molecule has 5 heteroatoms. The molecule has 0 aliphatic rings. The number of ether oxygens (including phenoxy) is 1. The normalized spacial score (nSPS) is 11.2. The summed E-state index contributed by atoms with van der Waals surface area (Å²) in [5, 5.41) is 6.51. The maximum atomic E-state index is 10.5. The number of hydrogen-bond donors (Lipinski definition) is 2. The number of nitrogens with two attached hydrogens (primary N) is 1. The van der Waals surface area contributed by atoms with Crippen molar-refractivity contribution >= 4 is 6.09 Å². The predicted octanol–water partition coefficient (Wildman–Crippen LogP) is 0.740. The molecule has 1 aromatic heterocycles. The first-order valence-electron chi connectivity index (χ1n) is 3.51. The van der Waals surface area contributed by atoms with E-state index in [2.05, 4.69) is 10.2 Å². The second-order valence-electron chi connectivity index (χ2n) is 2.89. The number of primary amides is 1. The molecule has 0 spiro atoms. The largest absolute Gasteiger partial charge is 0.437 e. The summed E-state index contributed by atoms with van der Waals surface area (Å²) in [6, 6.07) is 1.73. The molecular weight excluding hydrogens is 158 g/mol. The third kappa shape index (κ3) is 1.75. The van der Waals surface area contributed by atoms with Gasteiger partial charge in [0, 0.05) is 6.20 Å². The molecule has 5 nitrogen and oxygen atoms in total. The molecule has 0 bridgehead atoms. The van der Waals surface area contributed by atoms with Crippen LogP contribution in [0.2, 0.25) is 0 Å². The maximum absolute atomic E-state index is 10.5. The van der Waals surface area contributed by atoms with Gasteiger partial charge in [-0.2, -0.15) is 5.10 Å². The van der Waals surface area contributed by atoms with E-state index in [1.54, 1.807) is 26.1 Å². The SMILES string of the molecule is CC(C)(OC(N)=O)c1cc[nH]n1. The Kier molecular flexibility index (Phi) is 2.03. The van der Waals surface area contributed by atoms with Gasteiger partial charge in [-0.3, -0.25) is 5.10 Å². The topological polar surface area (TPSA) is 81.0 Å². The van der Waals surface area contributed by atoms with E-state index in [4.69, 9.17) is 10.5 Å². The van der Waals surface area contributed by atoms with E-state index in [-0.39, 0.29) is 0 Å². The summed E-state index contributed by atoms with van der Waals surface area (Å²) in [5.41, 5.74) is 4.75. The van der Waals surface area contributed by atoms with Crippen LogP contribution in [0.4, 0.5) is 4.79 Å². The minimum absolute atomic E-state index is 0.640. The van der Waals surface area contributed by atoms with Crippen molar-refractivity contribution in [1.82, 2.24) is 10.2 Å². The Bertz CT molecular complexity index is 266. The van der Waals surface area contributed by atoms with Gasteiger partial charge in [-0.1, -0.05) is 0 Å². The zero-order valence-corrected chi connectivity index (χ0v) is 7.00. The summed E-state index contributed by atoms with van der Waals surface area (Å²) >= 11 is 0. The average molecular weight is 169 g/mol. The van der Waals surface area contributed by atoms with Crippen molar-refractivity contribution in [2.24, 2.45) is 5.73 Å². The van der Waals surface area contributed by atoms with Gasteiger partial charge in [0.1, 0.15) is 5.69 Å². The molecule has 0 unspecified atom stereocenters. The van der Waals surface area contributed by atoms with Crippen molar-refractivity contribution < 1.29 is 9.53 Å². The van der Waals surface area contributed by atoms with Gasteiger partial charge in [0.25, 0.3) is 0 Å². The maximum Gasteiger partial charge on any atom is 0.405 e. The van der Waals surface area contributed by atoms with Crippen LogP contribution in [-0.2, 0) is 10.3 Å². The fraction of sp³-hybridized carbons (Fsp3) is 0.429. The standard InChI is InChI=1S/C7H11N3O2/c1-7(2,12-6(8)11)5-3-4-9-10-5/h3-4H,1-2H3,(H2,8,11)(H,9,10). The number of rotatable bonds is 2. The molecule has 1 rings (SSSR count). The molecule has 0 aliphatic carbocycles. The monoisotopic (exact) mass is 169 g/mol. The van der Waals surface area contributed by atoms with Crippen LogP contribution < -0.4 is 5.73 Å². The first kappa shape index (κ1) is 8.58. The van der Waals surface area contributed by atoms with Crippen LogP contribution in [0.15, 0.2) is 12.3 Å². The summed E-state index contributed by atoms with van der Waals surface area (Å²) in [6.07, 6.45) is 0.851. The van der Waals surface area contributed by atoms with Gasteiger partial charge in [-0.25, -0.2) is 4.79 Å². The predicted molar refractivity (Wildman–Crippen MR) is 42.3 cm³/mol. The van der Waals surface area contributed by atoms with Crippen LogP contribution in [0.3, 0.4) is 0 Å². The van der Waals surface area contributed by atoms with Crippen LogP contribution >= 0.6 is 0 Å². The molecule has 0 saturated carbocycles. The van der Waals surface area contributed by atoms with Crippen LogP contribution in [0.5, 0.6) is 0 Å². The van der Waals surface area contributed by atoms with Crippen LogP contribution in [0, 0.1) is 0 Å². The molecule has 1 aromatic rings. The molecular formula is C7H11N3O2. The number of aromatic amines is 1. The number of nitrogens with one attached hydrogen (secondary N) is 1. The molecule has 0 aliphatic heterocycles. The highest BCUT2D eigenvalue weighted by molar-refractivity contribution is 5.65. The number of hydrogen-bond acceptors (Lipinski definition) is 3. The lowest BCUT2D eigenvalue weighted by molar-refractivity contribution is 0.0399. The van der Waals surface area contributed by atoms with Crippen molar-refractivity contribution in [3.8, 4) is 0 Å². The summed E-state index contributed by atoms with van der Waals surface area (Å²) in [7, 11) is 0. The number of H-pyrrole nitrogens is 1. The average Bonchev–Trinajstić information content (AvgIpc) is 2.32. The van der Waals surface area contributed by atoms with E-state index in [9.17, 15) is 4.79 Å². The highest BCUT2D eigenvalue weighted by Crippen LogP contribution is 2.21. The van der Waals surface area contributed by atoms with Crippen molar-refractivity contribution in [3.63, 3.8) is 0 Å². The Labute approximate surface area is 69.9 Å².